The maximum Gasteiger partial charge on any atom is 0.313 e. The van der Waals surface area contributed by atoms with E-state index in [1.54, 1.807) is 18.2 Å². The summed E-state index contributed by atoms with van der Waals surface area (Å²) in [7, 11) is -4.18. The van der Waals surface area contributed by atoms with Gasteiger partial charge in [-0.15, -0.1) is 5.06 Å². The zero-order valence-corrected chi connectivity index (χ0v) is 17.2. The summed E-state index contributed by atoms with van der Waals surface area (Å²) in [6.07, 6.45) is 4.11. The number of ether oxygens (including phenoxy) is 1. The van der Waals surface area contributed by atoms with Gasteiger partial charge in [-0.25, -0.2) is 0 Å². The van der Waals surface area contributed by atoms with Crippen molar-refractivity contribution < 1.29 is 17.4 Å². The highest BCUT2D eigenvalue weighted by Gasteiger charge is 2.62. The Morgan fingerprint density at radius 1 is 1.20 bits per heavy atom. The van der Waals surface area contributed by atoms with Crippen molar-refractivity contribution in [3.05, 3.63) is 77.9 Å². The molecule has 1 heterocycles. The summed E-state index contributed by atoms with van der Waals surface area (Å²) in [5, 5.41) is 19.7. The van der Waals surface area contributed by atoms with E-state index < -0.39 is 27.6 Å². The van der Waals surface area contributed by atoms with Crippen molar-refractivity contribution in [2.75, 3.05) is 0 Å². The van der Waals surface area contributed by atoms with Crippen LogP contribution in [0.15, 0.2) is 71.6 Å². The molecule has 1 saturated heterocycles. The number of hydrogen-bond donors (Lipinski definition) is 1. The molecule has 8 heteroatoms. The molecule has 2 aromatic rings. The van der Waals surface area contributed by atoms with E-state index in [1.165, 1.54) is 12.1 Å². The van der Waals surface area contributed by atoms with Crippen molar-refractivity contribution in [3.8, 4) is 6.07 Å². The third-order valence-corrected chi connectivity index (χ3v) is 6.68. The standard InChI is InChI=1S/C22H21N3O4S/c1-16-7-11-20(12-8-16)30(26,27)29-25-19-10-9-18(13-19)22(25,15-23)21(24)28-14-17-5-3-2-4-6-17/h2-12,18-19,24H,13-14H2,1H3/t18?,19?,22-/m0/s1. The van der Waals surface area contributed by atoms with Crippen LogP contribution in [0.1, 0.15) is 17.5 Å². The molecule has 3 atom stereocenters. The lowest BCUT2D eigenvalue weighted by Crippen LogP contribution is -2.57. The Hall–Kier alpha value is -2.99. The molecule has 154 valence electrons. The normalized spacial score (nSPS) is 25.2. The third kappa shape index (κ3) is 3.41. The van der Waals surface area contributed by atoms with Gasteiger partial charge in [-0.1, -0.05) is 60.2 Å². The molecule has 4 rings (SSSR count). The molecule has 0 aromatic heterocycles. The minimum Gasteiger partial charge on any atom is -0.474 e. The van der Waals surface area contributed by atoms with Crippen molar-refractivity contribution in [1.82, 2.24) is 5.06 Å². The zero-order valence-electron chi connectivity index (χ0n) is 16.4. The second-order valence-electron chi connectivity index (χ2n) is 7.44. The second-order valence-corrected chi connectivity index (χ2v) is 8.97. The average molecular weight is 423 g/mol. The Balaban J connectivity index is 1.61. The van der Waals surface area contributed by atoms with Crippen molar-refractivity contribution in [3.63, 3.8) is 0 Å². The van der Waals surface area contributed by atoms with Gasteiger partial charge in [0.2, 0.25) is 11.4 Å². The Kier molecular flexibility index (Phi) is 5.20. The van der Waals surface area contributed by atoms with Gasteiger partial charge in [0.25, 0.3) is 0 Å². The van der Waals surface area contributed by atoms with E-state index in [2.05, 4.69) is 6.07 Å². The van der Waals surface area contributed by atoms with Gasteiger partial charge in [0.1, 0.15) is 6.61 Å². The van der Waals surface area contributed by atoms with E-state index in [9.17, 15) is 13.7 Å². The summed E-state index contributed by atoms with van der Waals surface area (Å²) in [6.45, 7) is 1.95. The molecule has 2 aliphatic rings. The molecule has 7 nitrogen and oxygen atoms in total. The molecule has 2 bridgehead atoms. The first-order chi connectivity index (χ1) is 14.4. The molecule has 0 spiro atoms. The zero-order chi connectivity index (χ0) is 21.4. The maximum atomic E-state index is 12.9. The number of nitrogens with one attached hydrogen (secondary N) is 1. The van der Waals surface area contributed by atoms with Crippen LogP contribution in [0, 0.1) is 29.6 Å². The molecule has 0 saturated carbocycles. The fourth-order valence-electron chi connectivity index (χ4n) is 3.85. The first-order valence-electron chi connectivity index (χ1n) is 9.53. The highest BCUT2D eigenvalue weighted by molar-refractivity contribution is 7.86. The smallest absolute Gasteiger partial charge is 0.313 e. The SMILES string of the molecule is Cc1ccc(S(=O)(=O)ON2C3C=CC(C3)[C@@]2(C#N)C(=N)OCc2ccccc2)cc1. The fraction of sp³-hybridized carbons (Fsp3) is 0.273. The van der Waals surface area contributed by atoms with Crippen molar-refractivity contribution in [2.24, 2.45) is 5.92 Å². The lowest BCUT2D eigenvalue weighted by atomic mass is 9.87. The number of fused-ring (bicyclic) bond motifs is 2. The summed E-state index contributed by atoms with van der Waals surface area (Å²) in [5.41, 5.74) is 0.111. The monoisotopic (exact) mass is 423 g/mol. The Morgan fingerprint density at radius 3 is 2.57 bits per heavy atom. The van der Waals surface area contributed by atoms with Crippen LogP contribution in [0.5, 0.6) is 0 Å². The largest absolute Gasteiger partial charge is 0.474 e. The van der Waals surface area contributed by atoms with Gasteiger partial charge in [0, 0.05) is 5.92 Å². The molecular formula is C22H21N3O4S. The van der Waals surface area contributed by atoms with E-state index in [1.807, 2.05) is 43.3 Å². The lowest BCUT2D eigenvalue weighted by Gasteiger charge is -2.36. The van der Waals surface area contributed by atoms with E-state index in [0.717, 1.165) is 16.2 Å². The maximum absolute atomic E-state index is 12.9. The molecule has 1 aliphatic heterocycles. The molecule has 1 N–H and O–H groups in total. The molecule has 2 unspecified atom stereocenters. The predicted octanol–water partition coefficient (Wildman–Crippen LogP) is 3.33. The van der Waals surface area contributed by atoms with Gasteiger partial charge < -0.3 is 4.74 Å². The number of hydroxylamine groups is 2. The van der Waals surface area contributed by atoms with E-state index in [4.69, 9.17) is 14.4 Å². The van der Waals surface area contributed by atoms with Crippen molar-refractivity contribution in [2.45, 2.75) is 36.4 Å². The van der Waals surface area contributed by atoms with Crippen LogP contribution in [-0.2, 0) is 25.7 Å². The van der Waals surface area contributed by atoms with E-state index in [-0.39, 0.29) is 17.4 Å². The third-order valence-electron chi connectivity index (χ3n) is 5.48. The van der Waals surface area contributed by atoms with Crippen LogP contribution in [0.4, 0.5) is 0 Å². The van der Waals surface area contributed by atoms with Crippen molar-refractivity contribution in [1.29, 1.82) is 10.7 Å². The minimum atomic E-state index is -4.18. The van der Waals surface area contributed by atoms with Crippen LogP contribution in [0.25, 0.3) is 0 Å². The highest BCUT2D eigenvalue weighted by Crippen LogP contribution is 2.46. The predicted molar refractivity (Wildman–Crippen MR) is 110 cm³/mol. The number of aryl methyl sites for hydroxylation is 1. The highest BCUT2D eigenvalue weighted by atomic mass is 32.2. The number of hydrogen-bond acceptors (Lipinski definition) is 7. The van der Waals surface area contributed by atoms with Crippen molar-refractivity contribution >= 4 is 16.0 Å². The topological polar surface area (TPSA) is 103 Å². The summed E-state index contributed by atoms with van der Waals surface area (Å²) >= 11 is 0. The molecular weight excluding hydrogens is 402 g/mol. The average Bonchev–Trinajstić information content (AvgIpc) is 3.34. The first-order valence-corrected chi connectivity index (χ1v) is 10.9. The Bertz CT molecular complexity index is 1120. The lowest BCUT2D eigenvalue weighted by molar-refractivity contribution is -0.101. The quantitative estimate of drug-likeness (QED) is 0.434. The molecule has 2 aromatic carbocycles. The van der Waals surface area contributed by atoms with Gasteiger partial charge in [-0.2, -0.15) is 18.0 Å². The molecule has 0 amide bonds. The van der Waals surface area contributed by atoms with Crippen LogP contribution in [0.2, 0.25) is 0 Å². The molecule has 1 aliphatic carbocycles. The van der Waals surface area contributed by atoms with Crippen LogP contribution < -0.4 is 0 Å². The second kappa shape index (κ2) is 7.69. The summed E-state index contributed by atoms with van der Waals surface area (Å²) in [5.74, 6) is -0.728. The Labute approximate surface area is 175 Å². The number of nitrogens with zero attached hydrogens (tertiary/aromatic N) is 2. The van der Waals surface area contributed by atoms with Crippen LogP contribution in [0.3, 0.4) is 0 Å². The summed E-state index contributed by atoms with van der Waals surface area (Å²) < 4.78 is 36.8. The number of nitriles is 1. The molecule has 30 heavy (non-hydrogen) atoms. The van der Waals surface area contributed by atoms with Gasteiger partial charge in [0.15, 0.2) is 0 Å². The summed E-state index contributed by atoms with van der Waals surface area (Å²) in [6, 6.07) is 17.2. The van der Waals surface area contributed by atoms with Gasteiger partial charge in [-0.05, 0) is 31.0 Å². The number of benzene rings is 2. The van der Waals surface area contributed by atoms with Gasteiger partial charge >= 0.3 is 10.1 Å². The van der Waals surface area contributed by atoms with Crippen LogP contribution >= 0.6 is 0 Å². The molecule has 1 fully saturated rings. The van der Waals surface area contributed by atoms with Gasteiger partial charge in [0.05, 0.1) is 17.0 Å². The minimum absolute atomic E-state index is 0.0107. The summed E-state index contributed by atoms with van der Waals surface area (Å²) in [4.78, 5) is -0.0107. The number of rotatable bonds is 6. The Morgan fingerprint density at radius 2 is 1.90 bits per heavy atom. The van der Waals surface area contributed by atoms with Crippen LogP contribution in [-0.4, -0.2) is 31.0 Å². The molecule has 0 radical (unpaired) electrons. The first kappa shape index (κ1) is 20.3. The van der Waals surface area contributed by atoms with E-state index in [0.29, 0.717) is 6.42 Å². The van der Waals surface area contributed by atoms with Gasteiger partial charge in [-0.3, -0.25) is 5.41 Å². The van der Waals surface area contributed by atoms with E-state index >= 15 is 0 Å². The fourth-order valence-corrected chi connectivity index (χ4v) is 4.84.